The van der Waals surface area contributed by atoms with Gasteiger partial charge in [-0.15, -0.1) is 0 Å². The summed E-state index contributed by atoms with van der Waals surface area (Å²) in [4.78, 5) is 8.24. The van der Waals surface area contributed by atoms with Gasteiger partial charge in [0.05, 0.1) is 0 Å². The highest BCUT2D eigenvalue weighted by Crippen LogP contribution is 2.11. The van der Waals surface area contributed by atoms with Crippen molar-refractivity contribution in [2.45, 2.75) is 25.9 Å². The molecular weight excluding hydrogens is 178 g/mol. The van der Waals surface area contributed by atoms with Crippen LogP contribution in [0.5, 0.6) is 6.01 Å². The molecule has 0 unspecified atom stereocenters. The first-order valence-corrected chi connectivity index (χ1v) is 5.00. The van der Waals surface area contributed by atoms with Crippen LogP contribution in [-0.2, 0) is 0 Å². The maximum absolute atomic E-state index is 5.65. The third-order valence-corrected chi connectivity index (χ3v) is 2.32. The van der Waals surface area contributed by atoms with Crippen LogP contribution in [0.25, 0.3) is 0 Å². The van der Waals surface area contributed by atoms with Gasteiger partial charge in [-0.25, -0.2) is 9.97 Å². The van der Waals surface area contributed by atoms with Crippen LogP contribution in [0, 0.1) is 6.92 Å². The lowest BCUT2D eigenvalue weighted by atomic mass is 10.1. The van der Waals surface area contributed by atoms with E-state index in [0.29, 0.717) is 6.01 Å². The predicted octanol–water partition coefficient (Wildman–Crippen LogP) is 0.916. The number of ether oxygens (including phenoxy) is 1. The van der Waals surface area contributed by atoms with Gasteiger partial charge in [0, 0.05) is 12.4 Å². The van der Waals surface area contributed by atoms with Crippen LogP contribution in [0.15, 0.2) is 12.4 Å². The molecule has 0 saturated carbocycles. The van der Waals surface area contributed by atoms with Crippen LogP contribution in [0.2, 0.25) is 0 Å². The van der Waals surface area contributed by atoms with Gasteiger partial charge in [0.25, 0.3) is 0 Å². The summed E-state index contributed by atoms with van der Waals surface area (Å²) < 4.78 is 5.65. The molecule has 1 aromatic heterocycles. The summed E-state index contributed by atoms with van der Waals surface area (Å²) >= 11 is 0. The van der Waals surface area contributed by atoms with E-state index in [1.54, 1.807) is 12.4 Å². The molecule has 1 N–H and O–H groups in total. The van der Waals surface area contributed by atoms with Crippen molar-refractivity contribution in [3.63, 3.8) is 0 Å². The summed E-state index contributed by atoms with van der Waals surface area (Å²) in [5, 5.41) is 3.29. The molecule has 4 nitrogen and oxygen atoms in total. The van der Waals surface area contributed by atoms with Crippen LogP contribution in [0.3, 0.4) is 0 Å². The van der Waals surface area contributed by atoms with E-state index < -0.39 is 0 Å². The monoisotopic (exact) mass is 193 g/mol. The molecule has 0 radical (unpaired) electrons. The van der Waals surface area contributed by atoms with Crippen LogP contribution >= 0.6 is 0 Å². The van der Waals surface area contributed by atoms with E-state index in [9.17, 15) is 0 Å². The lowest BCUT2D eigenvalue weighted by Gasteiger charge is -2.22. The van der Waals surface area contributed by atoms with Gasteiger partial charge in [-0.3, -0.25) is 0 Å². The van der Waals surface area contributed by atoms with Crippen molar-refractivity contribution in [3.8, 4) is 6.01 Å². The molecule has 1 aliphatic heterocycles. The quantitative estimate of drug-likeness (QED) is 0.758. The van der Waals surface area contributed by atoms with Gasteiger partial charge in [-0.2, -0.15) is 0 Å². The fourth-order valence-corrected chi connectivity index (χ4v) is 1.50. The van der Waals surface area contributed by atoms with Gasteiger partial charge in [0.2, 0.25) is 0 Å². The highest BCUT2D eigenvalue weighted by molar-refractivity contribution is 5.04. The zero-order chi connectivity index (χ0) is 9.80. The first-order chi connectivity index (χ1) is 6.84. The van der Waals surface area contributed by atoms with Crippen molar-refractivity contribution in [2.75, 3.05) is 13.1 Å². The van der Waals surface area contributed by atoms with E-state index in [1.165, 1.54) is 0 Å². The third-order valence-electron chi connectivity index (χ3n) is 2.32. The first kappa shape index (κ1) is 9.40. The van der Waals surface area contributed by atoms with E-state index in [4.69, 9.17) is 4.74 Å². The number of aromatic nitrogens is 2. The average molecular weight is 193 g/mol. The Morgan fingerprint density at radius 3 is 2.57 bits per heavy atom. The minimum atomic E-state index is 0.277. The molecule has 0 bridgehead atoms. The standard InChI is InChI=1S/C10H15N3O/c1-8-6-12-10(13-7-8)14-9-2-4-11-5-3-9/h6-7,9,11H,2-5H2,1H3. The molecule has 1 saturated heterocycles. The number of rotatable bonds is 2. The predicted molar refractivity (Wildman–Crippen MR) is 53.3 cm³/mol. The Balaban J connectivity index is 1.92. The SMILES string of the molecule is Cc1cnc(OC2CCNCC2)nc1. The zero-order valence-electron chi connectivity index (χ0n) is 8.36. The Kier molecular flexibility index (Phi) is 2.93. The van der Waals surface area contributed by atoms with Crippen molar-refractivity contribution in [2.24, 2.45) is 0 Å². The third kappa shape index (κ3) is 2.42. The number of nitrogens with one attached hydrogen (secondary N) is 1. The smallest absolute Gasteiger partial charge is 0.316 e. The largest absolute Gasteiger partial charge is 0.460 e. The van der Waals surface area contributed by atoms with E-state index in [2.05, 4.69) is 15.3 Å². The second-order valence-electron chi connectivity index (χ2n) is 3.61. The molecule has 14 heavy (non-hydrogen) atoms. The van der Waals surface area contributed by atoms with Gasteiger partial charge in [0.1, 0.15) is 6.10 Å². The van der Waals surface area contributed by atoms with Gasteiger partial charge in [0.15, 0.2) is 0 Å². The number of nitrogens with zero attached hydrogens (tertiary/aromatic N) is 2. The summed E-state index contributed by atoms with van der Waals surface area (Å²) in [7, 11) is 0. The molecule has 2 heterocycles. The second-order valence-corrected chi connectivity index (χ2v) is 3.61. The summed E-state index contributed by atoms with van der Waals surface area (Å²) in [5.74, 6) is 0. The lowest BCUT2D eigenvalue weighted by molar-refractivity contribution is 0.148. The Morgan fingerprint density at radius 2 is 1.93 bits per heavy atom. The first-order valence-electron chi connectivity index (χ1n) is 5.00. The molecule has 1 aliphatic rings. The molecule has 1 aromatic rings. The molecule has 76 valence electrons. The molecule has 0 atom stereocenters. The second kappa shape index (κ2) is 4.37. The molecule has 1 fully saturated rings. The fraction of sp³-hybridized carbons (Fsp3) is 0.600. The molecule has 0 aromatic carbocycles. The molecule has 0 spiro atoms. The summed E-state index contributed by atoms with van der Waals surface area (Å²) in [5.41, 5.74) is 1.06. The van der Waals surface area contributed by atoms with Crippen molar-refractivity contribution in [3.05, 3.63) is 18.0 Å². The molecular formula is C10H15N3O. The Hall–Kier alpha value is -1.16. The van der Waals surface area contributed by atoms with E-state index in [0.717, 1.165) is 31.5 Å². The van der Waals surface area contributed by atoms with Crippen LogP contribution in [0.1, 0.15) is 18.4 Å². The van der Waals surface area contributed by atoms with Crippen molar-refractivity contribution in [1.82, 2.24) is 15.3 Å². The van der Waals surface area contributed by atoms with Crippen LogP contribution in [0.4, 0.5) is 0 Å². The number of hydrogen-bond donors (Lipinski definition) is 1. The number of aryl methyl sites for hydroxylation is 1. The van der Waals surface area contributed by atoms with Gasteiger partial charge >= 0.3 is 6.01 Å². The molecule has 0 aliphatic carbocycles. The Morgan fingerprint density at radius 1 is 1.29 bits per heavy atom. The summed E-state index contributed by atoms with van der Waals surface area (Å²) in [6.45, 7) is 4.02. The minimum Gasteiger partial charge on any atom is -0.460 e. The Bertz CT molecular complexity index is 280. The highest BCUT2D eigenvalue weighted by Gasteiger charge is 2.15. The zero-order valence-corrected chi connectivity index (χ0v) is 8.36. The Labute approximate surface area is 83.7 Å². The topological polar surface area (TPSA) is 47.0 Å². The summed E-state index contributed by atoms with van der Waals surface area (Å²) in [6, 6.07) is 0.502. The maximum atomic E-state index is 5.65. The van der Waals surface area contributed by atoms with Gasteiger partial charge in [-0.05, 0) is 38.4 Å². The van der Waals surface area contributed by atoms with Crippen LogP contribution < -0.4 is 10.1 Å². The van der Waals surface area contributed by atoms with E-state index in [1.807, 2.05) is 6.92 Å². The lowest BCUT2D eigenvalue weighted by Crippen LogP contribution is -2.34. The van der Waals surface area contributed by atoms with Crippen molar-refractivity contribution in [1.29, 1.82) is 0 Å². The summed E-state index contributed by atoms with van der Waals surface area (Å²) in [6.07, 6.45) is 5.92. The molecule has 4 heteroatoms. The minimum absolute atomic E-state index is 0.277. The van der Waals surface area contributed by atoms with Crippen molar-refractivity contribution < 1.29 is 4.74 Å². The van der Waals surface area contributed by atoms with E-state index >= 15 is 0 Å². The highest BCUT2D eigenvalue weighted by atomic mass is 16.5. The van der Waals surface area contributed by atoms with E-state index in [-0.39, 0.29) is 6.10 Å². The van der Waals surface area contributed by atoms with Gasteiger partial charge in [-0.1, -0.05) is 0 Å². The number of piperidine rings is 1. The van der Waals surface area contributed by atoms with Crippen molar-refractivity contribution >= 4 is 0 Å². The van der Waals surface area contributed by atoms with Crippen LogP contribution in [-0.4, -0.2) is 29.2 Å². The van der Waals surface area contributed by atoms with Gasteiger partial charge < -0.3 is 10.1 Å². The number of hydrogen-bond acceptors (Lipinski definition) is 4. The molecule has 0 amide bonds. The normalized spacial score (nSPS) is 18.1. The average Bonchev–Trinajstić information content (AvgIpc) is 2.23. The fourth-order valence-electron chi connectivity index (χ4n) is 1.50. The molecule has 2 rings (SSSR count). The maximum Gasteiger partial charge on any atom is 0.316 e.